The van der Waals surface area contributed by atoms with E-state index in [-0.39, 0.29) is 0 Å². The Morgan fingerprint density at radius 2 is 1.97 bits per heavy atom. The summed E-state index contributed by atoms with van der Waals surface area (Å²) >= 11 is 0. The smallest absolute Gasteiger partial charge is 0.191 e. The van der Waals surface area contributed by atoms with E-state index in [9.17, 15) is 0 Å². The van der Waals surface area contributed by atoms with Gasteiger partial charge in [-0.3, -0.25) is 9.88 Å². The Labute approximate surface area is 173 Å². The largest absolute Gasteiger partial charge is 0.490 e. The number of guanidine groups is 1. The zero-order valence-electron chi connectivity index (χ0n) is 17.1. The second-order valence-corrected chi connectivity index (χ2v) is 6.82. The average Bonchev–Trinajstić information content (AvgIpc) is 2.77. The molecular weight excluding hydrogens is 366 g/mol. The Balaban J connectivity index is 1.52. The van der Waals surface area contributed by atoms with E-state index in [1.807, 2.05) is 12.1 Å². The lowest BCUT2D eigenvalue weighted by Crippen LogP contribution is -2.39. The van der Waals surface area contributed by atoms with E-state index in [0.717, 1.165) is 51.1 Å². The van der Waals surface area contributed by atoms with Crippen LogP contribution in [0.15, 0.2) is 53.8 Å². The van der Waals surface area contributed by atoms with E-state index < -0.39 is 0 Å². The number of ether oxygens (including phenoxy) is 2. The number of benzene rings is 1. The summed E-state index contributed by atoms with van der Waals surface area (Å²) in [5.41, 5.74) is 2.58. The van der Waals surface area contributed by atoms with Crippen molar-refractivity contribution in [3.8, 4) is 5.75 Å². The van der Waals surface area contributed by atoms with Gasteiger partial charge in [0.15, 0.2) is 5.96 Å². The third-order valence-corrected chi connectivity index (χ3v) is 4.67. The number of morpholine rings is 1. The zero-order chi connectivity index (χ0) is 20.2. The van der Waals surface area contributed by atoms with Gasteiger partial charge in [-0.25, -0.2) is 4.99 Å². The van der Waals surface area contributed by atoms with Gasteiger partial charge in [0.1, 0.15) is 12.4 Å². The quantitative estimate of drug-likeness (QED) is 0.383. The first-order valence-electron chi connectivity index (χ1n) is 10.3. The molecule has 2 aromatic rings. The van der Waals surface area contributed by atoms with Gasteiger partial charge in [-0.1, -0.05) is 24.3 Å². The first kappa shape index (κ1) is 21.1. The van der Waals surface area contributed by atoms with E-state index in [1.54, 1.807) is 12.4 Å². The third-order valence-electron chi connectivity index (χ3n) is 4.67. The van der Waals surface area contributed by atoms with Gasteiger partial charge in [0.2, 0.25) is 0 Å². The number of nitrogens with zero attached hydrogens (tertiary/aromatic N) is 3. The van der Waals surface area contributed by atoms with Gasteiger partial charge >= 0.3 is 0 Å². The van der Waals surface area contributed by atoms with Crippen LogP contribution in [0.1, 0.15) is 18.1 Å². The summed E-state index contributed by atoms with van der Waals surface area (Å²) in [7, 11) is 0. The maximum atomic E-state index is 5.68. The Morgan fingerprint density at radius 1 is 1.14 bits per heavy atom. The number of aromatic nitrogens is 1. The molecule has 1 fully saturated rings. The standard InChI is InChI=1S/C22H31N5O2/c1-2-24-22(25-10-13-29-21-8-5-9-23-17-21)26-16-19-6-3-4-7-20(19)18-27-11-14-28-15-12-27/h3-9,17H,2,10-16,18H2,1H3,(H2,24,25,26). The summed E-state index contributed by atoms with van der Waals surface area (Å²) in [6.07, 6.45) is 3.45. The first-order chi connectivity index (χ1) is 14.3. The third kappa shape index (κ3) is 7.36. The van der Waals surface area contributed by atoms with Crippen molar-refractivity contribution < 1.29 is 9.47 Å². The van der Waals surface area contributed by atoms with Gasteiger partial charge in [0, 0.05) is 32.4 Å². The van der Waals surface area contributed by atoms with Crippen molar-refractivity contribution in [2.45, 2.75) is 20.0 Å². The average molecular weight is 398 g/mol. The molecule has 1 aromatic carbocycles. The molecular formula is C22H31N5O2. The summed E-state index contributed by atoms with van der Waals surface area (Å²) in [6, 6.07) is 12.3. The Hall–Kier alpha value is -2.64. The van der Waals surface area contributed by atoms with Crippen LogP contribution in [-0.2, 0) is 17.8 Å². The summed E-state index contributed by atoms with van der Waals surface area (Å²) in [4.78, 5) is 11.3. The van der Waals surface area contributed by atoms with Gasteiger partial charge in [0.05, 0.1) is 32.5 Å². The predicted molar refractivity (Wildman–Crippen MR) is 115 cm³/mol. The molecule has 2 heterocycles. The van der Waals surface area contributed by atoms with Crippen LogP contribution in [0.2, 0.25) is 0 Å². The van der Waals surface area contributed by atoms with E-state index in [2.05, 4.69) is 51.7 Å². The first-order valence-corrected chi connectivity index (χ1v) is 10.3. The van der Waals surface area contributed by atoms with Crippen molar-refractivity contribution in [3.05, 3.63) is 59.9 Å². The summed E-state index contributed by atoms with van der Waals surface area (Å²) in [5, 5.41) is 6.62. The van der Waals surface area contributed by atoms with Gasteiger partial charge in [-0.15, -0.1) is 0 Å². The number of nitrogens with one attached hydrogen (secondary N) is 2. The maximum Gasteiger partial charge on any atom is 0.191 e. The van der Waals surface area contributed by atoms with Crippen molar-refractivity contribution in [2.24, 2.45) is 4.99 Å². The van der Waals surface area contributed by atoms with E-state index in [1.165, 1.54) is 11.1 Å². The normalized spacial score (nSPS) is 15.1. The highest BCUT2D eigenvalue weighted by atomic mass is 16.5. The lowest BCUT2D eigenvalue weighted by molar-refractivity contribution is 0.0341. The number of rotatable bonds is 9. The second-order valence-electron chi connectivity index (χ2n) is 6.82. The molecule has 0 saturated carbocycles. The topological polar surface area (TPSA) is 71.0 Å². The van der Waals surface area contributed by atoms with Gasteiger partial charge in [0.25, 0.3) is 0 Å². The molecule has 0 amide bonds. The number of hydrogen-bond donors (Lipinski definition) is 2. The summed E-state index contributed by atoms with van der Waals surface area (Å²) in [6.45, 7) is 9.26. The van der Waals surface area contributed by atoms with Crippen LogP contribution in [0, 0.1) is 0 Å². The van der Waals surface area contributed by atoms with Crippen LogP contribution in [0.3, 0.4) is 0 Å². The van der Waals surface area contributed by atoms with Crippen molar-refractivity contribution in [2.75, 3.05) is 46.0 Å². The number of hydrogen-bond acceptors (Lipinski definition) is 5. The SMILES string of the molecule is CCNC(=NCc1ccccc1CN1CCOCC1)NCCOc1cccnc1. The molecule has 1 saturated heterocycles. The molecule has 29 heavy (non-hydrogen) atoms. The van der Waals surface area contributed by atoms with Crippen molar-refractivity contribution in [1.82, 2.24) is 20.5 Å². The molecule has 2 N–H and O–H groups in total. The van der Waals surface area contributed by atoms with Crippen molar-refractivity contribution >= 4 is 5.96 Å². The molecule has 156 valence electrons. The molecule has 7 heteroatoms. The Morgan fingerprint density at radius 3 is 2.72 bits per heavy atom. The minimum atomic E-state index is 0.545. The van der Waals surface area contributed by atoms with E-state index >= 15 is 0 Å². The molecule has 1 aliphatic heterocycles. The minimum Gasteiger partial charge on any atom is -0.490 e. The zero-order valence-corrected chi connectivity index (χ0v) is 17.1. The van der Waals surface area contributed by atoms with Crippen LogP contribution in [-0.4, -0.2) is 61.8 Å². The van der Waals surface area contributed by atoms with Crippen LogP contribution in [0.25, 0.3) is 0 Å². The number of aliphatic imine (C=N–C) groups is 1. The second kappa shape index (κ2) is 12.0. The van der Waals surface area contributed by atoms with Crippen molar-refractivity contribution in [1.29, 1.82) is 0 Å². The van der Waals surface area contributed by atoms with Gasteiger partial charge in [-0.2, -0.15) is 0 Å². The fourth-order valence-corrected chi connectivity index (χ4v) is 3.14. The molecule has 0 bridgehead atoms. The summed E-state index contributed by atoms with van der Waals surface area (Å²) < 4.78 is 11.1. The summed E-state index contributed by atoms with van der Waals surface area (Å²) in [5.74, 6) is 1.57. The molecule has 1 aliphatic rings. The van der Waals surface area contributed by atoms with E-state index in [4.69, 9.17) is 14.5 Å². The highest BCUT2D eigenvalue weighted by Crippen LogP contribution is 2.14. The highest BCUT2D eigenvalue weighted by molar-refractivity contribution is 5.79. The van der Waals surface area contributed by atoms with Crippen molar-refractivity contribution in [3.63, 3.8) is 0 Å². The molecule has 0 radical (unpaired) electrons. The van der Waals surface area contributed by atoms with Crippen LogP contribution in [0.5, 0.6) is 5.75 Å². The maximum absolute atomic E-state index is 5.68. The lowest BCUT2D eigenvalue weighted by atomic mass is 10.1. The molecule has 0 atom stereocenters. The fourth-order valence-electron chi connectivity index (χ4n) is 3.14. The molecule has 1 aromatic heterocycles. The fraction of sp³-hybridized carbons (Fsp3) is 0.455. The lowest BCUT2D eigenvalue weighted by Gasteiger charge is -2.27. The molecule has 0 unspecified atom stereocenters. The predicted octanol–water partition coefficient (Wildman–Crippen LogP) is 2.05. The van der Waals surface area contributed by atoms with Crippen LogP contribution < -0.4 is 15.4 Å². The minimum absolute atomic E-state index is 0.545. The molecule has 0 aliphatic carbocycles. The van der Waals surface area contributed by atoms with Crippen LogP contribution in [0.4, 0.5) is 0 Å². The molecule has 3 rings (SSSR count). The van der Waals surface area contributed by atoms with Gasteiger partial charge in [-0.05, 0) is 30.2 Å². The molecule has 7 nitrogen and oxygen atoms in total. The van der Waals surface area contributed by atoms with Crippen LogP contribution >= 0.6 is 0 Å². The molecule has 0 spiro atoms. The Kier molecular flexibility index (Phi) is 8.75. The van der Waals surface area contributed by atoms with Gasteiger partial charge < -0.3 is 20.1 Å². The van der Waals surface area contributed by atoms with E-state index in [0.29, 0.717) is 19.7 Å². The monoisotopic (exact) mass is 397 g/mol. The highest BCUT2D eigenvalue weighted by Gasteiger charge is 2.12. The Bertz CT molecular complexity index is 748. The number of pyridine rings is 1.